The average molecular weight is 493 g/mol. The van der Waals surface area contributed by atoms with Gasteiger partial charge in [-0.05, 0) is 23.6 Å². The first kappa shape index (κ1) is 27.2. The fourth-order valence-corrected chi connectivity index (χ4v) is 4.03. The molecular weight excluding hydrogens is 456 g/mol. The summed E-state index contributed by atoms with van der Waals surface area (Å²) in [5.41, 5.74) is 7.89. The van der Waals surface area contributed by atoms with Crippen LogP contribution >= 0.6 is 0 Å². The number of nitrogens with one attached hydrogen (secondary N) is 2. The van der Waals surface area contributed by atoms with Crippen LogP contribution in [0.4, 0.5) is 0 Å². The van der Waals surface area contributed by atoms with Crippen molar-refractivity contribution in [1.82, 2.24) is 15.5 Å². The van der Waals surface area contributed by atoms with E-state index in [0.717, 1.165) is 11.1 Å². The topological polar surface area (TPSA) is 141 Å². The molecule has 11 nitrogen and oxygen atoms in total. The molecule has 0 aromatic heterocycles. The third-order valence-electron chi connectivity index (χ3n) is 5.80. The standard InChI is InChI=1S/C24H36N4O7/c25-6-8-32-10-12-34-14-15-35-13-11-33-9-7-26-16-18-2-1-3-19-20(18)17-28(24(19)31)21-4-5-22(29)27-23(21)30/h1-3,21,26H,4-17,25H2,(H,27,29,30). The minimum atomic E-state index is -0.606. The molecule has 1 aromatic rings. The Kier molecular flexibility index (Phi) is 11.5. The number of amides is 3. The van der Waals surface area contributed by atoms with E-state index in [4.69, 9.17) is 24.7 Å². The van der Waals surface area contributed by atoms with Crippen LogP contribution in [0.3, 0.4) is 0 Å². The van der Waals surface area contributed by atoms with E-state index in [1.165, 1.54) is 0 Å². The highest BCUT2D eigenvalue weighted by Gasteiger charge is 2.39. The third kappa shape index (κ3) is 8.34. The summed E-state index contributed by atoms with van der Waals surface area (Å²) < 4.78 is 21.6. The van der Waals surface area contributed by atoms with Gasteiger partial charge in [-0.2, -0.15) is 0 Å². The van der Waals surface area contributed by atoms with Crippen molar-refractivity contribution in [3.8, 4) is 0 Å². The van der Waals surface area contributed by atoms with Crippen LogP contribution in [0, 0.1) is 0 Å². The average Bonchev–Trinajstić information content (AvgIpc) is 3.18. The fourth-order valence-electron chi connectivity index (χ4n) is 4.03. The van der Waals surface area contributed by atoms with Crippen LogP contribution in [0.1, 0.15) is 34.3 Å². The molecule has 1 unspecified atom stereocenters. The molecule has 4 N–H and O–H groups in total. The first-order chi connectivity index (χ1) is 17.1. The summed E-state index contributed by atoms with van der Waals surface area (Å²) in [5, 5.41) is 5.67. The van der Waals surface area contributed by atoms with Crippen LogP contribution in [0.2, 0.25) is 0 Å². The third-order valence-corrected chi connectivity index (χ3v) is 5.80. The van der Waals surface area contributed by atoms with E-state index in [1.54, 1.807) is 11.0 Å². The summed E-state index contributed by atoms with van der Waals surface area (Å²) in [6, 6.07) is 5.02. The lowest BCUT2D eigenvalue weighted by Crippen LogP contribution is -2.52. The normalized spacial score (nSPS) is 17.7. The van der Waals surface area contributed by atoms with Crippen molar-refractivity contribution in [3.05, 3.63) is 34.9 Å². The zero-order valence-electron chi connectivity index (χ0n) is 20.1. The SMILES string of the molecule is NCCOCCOCCOCCOCCNCc1cccc2c1CN(C1CCC(=O)NC1=O)C2=O. The number of rotatable bonds is 17. The van der Waals surface area contributed by atoms with E-state index >= 15 is 0 Å². The maximum absolute atomic E-state index is 12.9. The van der Waals surface area contributed by atoms with Gasteiger partial charge in [-0.3, -0.25) is 19.7 Å². The number of nitrogens with zero attached hydrogens (tertiary/aromatic N) is 1. The number of hydrogen-bond acceptors (Lipinski definition) is 9. The highest BCUT2D eigenvalue weighted by molar-refractivity contribution is 6.05. The van der Waals surface area contributed by atoms with Gasteiger partial charge >= 0.3 is 0 Å². The summed E-state index contributed by atoms with van der Waals surface area (Å²) in [5.74, 6) is -0.850. The summed E-state index contributed by atoms with van der Waals surface area (Å²) in [6.45, 7) is 6.28. The smallest absolute Gasteiger partial charge is 0.255 e. The van der Waals surface area contributed by atoms with Crippen molar-refractivity contribution in [2.75, 3.05) is 65.9 Å². The second kappa shape index (κ2) is 14.9. The van der Waals surface area contributed by atoms with Gasteiger partial charge in [0.1, 0.15) is 6.04 Å². The van der Waals surface area contributed by atoms with E-state index < -0.39 is 11.9 Å². The van der Waals surface area contributed by atoms with Crippen LogP contribution in [0.25, 0.3) is 0 Å². The van der Waals surface area contributed by atoms with Gasteiger partial charge in [0.25, 0.3) is 5.91 Å². The predicted molar refractivity (Wildman–Crippen MR) is 127 cm³/mol. The molecule has 0 bridgehead atoms. The lowest BCUT2D eigenvalue weighted by Gasteiger charge is -2.29. The summed E-state index contributed by atoms with van der Waals surface area (Å²) in [4.78, 5) is 38.1. The fraction of sp³-hybridized carbons (Fsp3) is 0.625. The van der Waals surface area contributed by atoms with Crippen molar-refractivity contribution in [1.29, 1.82) is 0 Å². The molecular formula is C24H36N4O7. The van der Waals surface area contributed by atoms with E-state index in [0.29, 0.717) is 91.0 Å². The van der Waals surface area contributed by atoms with E-state index in [9.17, 15) is 14.4 Å². The van der Waals surface area contributed by atoms with E-state index in [1.807, 2.05) is 12.1 Å². The molecule has 3 rings (SSSR count). The van der Waals surface area contributed by atoms with Gasteiger partial charge in [0.05, 0.1) is 52.9 Å². The summed E-state index contributed by atoms with van der Waals surface area (Å²) in [7, 11) is 0. The Morgan fingerprint density at radius 3 is 2.26 bits per heavy atom. The zero-order valence-corrected chi connectivity index (χ0v) is 20.1. The maximum Gasteiger partial charge on any atom is 0.255 e. The van der Waals surface area contributed by atoms with Crippen molar-refractivity contribution in [2.45, 2.75) is 32.0 Å². The molecule has 1 fully saturated rings. The van der Waals surface area contributed by atoms with E-state index in [-0.39, 0.29) is 18.2 Å². The van der Waals surface area contributed by atoms with Gasteiger partial charge in [-0.25, -0.2) is 0 Å². The molecule has 1 saturated heterocycles. The Hall–Kier alpha value is -2.41. The number of fused-ring (bicyclic) bond motifs is 1. The summed E-state index contributed by atoms with van der Waals surface area (Å²) >= 11 is 0. The van der Waals surface area contributed by atoms with Crippen LogP contribution in [-0.4, -0.2) is 94.6 Å². The number of carbonyl (C=O) groups is 3. The Labute approximate surface area is 205 Å². The minimum Gasteiger partial charge on any atom is -0.378 e. The molecule has 11 heteroatoms. The van der Waals surface area contributed by atoms with Crippen LogP contribution < -0.4 is 16.4 Å². The zero-order chi connectivity index (χ0) is 24.9. The molecule has 2 aliphatic rings. The number of benzene rings is 1. The molecule has 0 spiro atoms. The van der Waals surface area contributed by atoms with Crippen molar-refractivity contribution < 1.29 is 33.3 Å². The number of ether oxygens (including phenoxy) is 4. The number of piperidine rings is 1. The quantitative estimate of drug-likeness (QED) is 0.195. The second-order valence-corrected chi connectivity index (χ2v) is 8.26. The van der Waals surface area contributed by atoms with Gasteiger partial charge in [-0.1, -0.05) is 12.1 Å². The van der Waals surface area contributed by atoms with Crippen molar-refractivity contribution >= 4 is 17.7 Å². The minimum absolute atomic E-state index is 0.162. The first-order valence-corrected chi connectivity index (χ1v) is 12.1. The molecule has 3 amide bonds. The Morgan fingerprint density at radius 2 is 1.60 bits per heavy atom. The molecule has 2 heterocycles. The number of carbonyl (C=O) groups excluding carboxylic acids is 3. The molecule has 0 aliphatic carbocycles. The lowest BCUT2D eigenvalue weighted by molar-refractivity contribution is -0.136. The Morgan fingerprint density at radius 1 is 0.943 bits per heavy atom. The second-order valence-electron chi connectivity index (χ2n) is 8.26. The van der Waals surface area contributed by atoms with Gasteiger partial charge < -0.3 is 34.9 Å². The molecule has 0 radical (unpaired) electrons. The van der Waals surface area contributed by atoms with Crippen LogP contribution in [0.5, 0.6) is 0 Å². The number of hydrogen-bond donors (Lipinski definition) is 3. The maximum atomic E-state index is 12.9. The highest BCUT2D eigenvalue weighted by Crippen LogP contribution is 2.29. The van der Waals surface area contributed by atoms with Crippen molar-refractivity contribution in [3.63, 3.8) is 0 Å². The molecule has 0 saturated carbocycles. The molecule has 35 heavy (non-hydrogen) atoms. The lowest BCUT2D eigenvalue weighted by atomic mass is 10.0. The Balaban J connectivity index is 1.27. The largest absolute Gasteiger partial charge is 0.378 e. The van der Waals surface area contributed by atoms with Crippen LogP contribution in [-0.2, 0) is 41.6 Å². The number of imide groups is 1. The Bertz CT molecular complexity index is 851. The molecule has 1 atom stereocenters. The van der Waals surface area contributed by atoms with Crippen LogP contribution in [0.15, 0.2) is 18.2 Å². The predicted octanol–water partition coefficient (Wildman–Crippen LogP) is -0.438. The molecule has 194 valence electrons. The van der Waals surface area contributed by atoms with Gasteiger partial charge in [0.2, 0.25) is 11.8 Å². The van der Waals surface area contributed by atoms with Gasteiger partial charge in [0, 0.05) is 38.2 Å². The van der Waals surface area contributed by atoms with Crippen molar-refractivity contribution in [2.24, 2.45) is 5.73 Å². The van der Waals surface area contributed by atoms with Gasteiger partial charge in [0.15, 0.2) is 0 Å². The summed E-state index contributed by atoms with van der Waals surface area (Å²) in [6.07, 6.45) is 0.602. The molecule has 1 aromatic carbocycles. The number of nitrogens with two attached hydrogens (primary N) is 1. The van der Waals surface area contributed by atoms with Gasteiger partial charge in [-0.15, -0.1) is 0 Å². The molecule has 2 aliphatic heterocycles. The first-order valence-electron chi connectivity index (χ1n) is 12.1. The van der Waals surface area contributed by atoms with E-state index in [2.05, 4.69) is 10.6 Å². The monoisotopic (exact) mass is 492 g/mol. The highest BCUT2D eigenvalue weighted by atomic mass is 16.6.